The van der Waals surface area contributed by atoms with Gasteiger partial charge in [0.1, 0.15) is 5.82 Å². The summed E-state index contributed by atoms with van der Waals surface area (Å²) in [5.41, 5.74) is 4.08. The Morgan fingerprint density at radius 3 is 2.47 bits per heavy atom. The highest BCUT2D eigenvalue weighted by Crippen LogP contribution is 2.40. The second-order valence-corrected chi connectivity index (χ2v) is 10.1. The van der Waals surface area contributed by atoms with Gasteiger partial charge in [0.2, 0.25) is 10.0 Å². The van der Waals surface area contributed by atoms with Crippen molar-refractivity contribution in [3.05, 3.63) is 86.5 Å². The first-order valence-corrected chi connectivity index (χ1v) is 12.0. The molecule has 2 aromatic carbocycles. The van der Waals surface area contributed by atoms with E-state index in [4.69, 9.17) is 16.6 Å². The van der Waals surface area contributed by atoms with Gasteiger partial charge in [-0.05, 0) is 61.4 Å². The van der Waals surface area contributed by atoms with Gasteiger partial charge in [0.15, 0.2) is 0 Å². The maximum Gasteiger partial charge on any atom is 0.250 e. The molecule has 0 saturated heterocycles. The van der Waals surface area contributed by atoms with Gasteiger partial charge in [0.05, 0.1) is 28.2 Å². The van der Waals surface area contributed by atoms with Crippen molar-refractivity contribution in [2.45, 2.75) is 19.9 Å². The molecule has 1 aliphatic rings. The molecule has 0 spiro atoms. The quantitative estimate of drug-likeness (QED) is 0.605. The van der Waals surface area contributed by atoms with E-state index in [-0.39, 0.29) is 33.9 Å². The Kier molecular flexibility index (Phi) is 5.68. The van der Waals surface area contributed by atoms with Gasteiger partial charge in [0, 0.05) is 36.0 Å². The van der Waals surface area contributed by atoms with Crippen molar-refractivity contribution in [1.82, 2.24) is 4.57 Å². The number of aryl methyl sites for hydroxylation is 1. The average molecular weight is 474 g/mol. The molecule has 3 aromatic rings. The fraction of sp³-hybridized carbons (Fsp3) is 0.217. The van der Waals surface area contributed by atoms with Crippen molar-refractivity contribution < 1.29 is 12.8 Å². The lowest BCUT2D eigenvalue weighted by Gasteiger charge is -2.17. The summed E-state index contributed by atoms with van der Waals surface area (Å²) in [6.45, 7) is 3.40. The van der Waals surface area contributed by atoms with Crippen molar-refractivity contribution >= 4 is 33.0 Å². The molecule has 6 nitrogen and oxygen atoms in total. The fourth-order valence-electron chi connectivity index (χ4n) is 3.70. The Balaban J connectivity index is 2.04. The van der Waals surface area contributed by atoms with Gasteiger partial charge in [-0.25, -0.2) is 12.8 Å². The molecule has 1 N–H and O–H groups in total. The number of aromatic nitrogens is 1. The summed E-state index contributed by atoms with van der Waals surface area (Å²) in [6, 6.07) is 10.4. The van der Waals surface area contributed by atoms with Crippen LogP contribution in [0.25, 0.3) is 11.1 Å². The van der Waals surface area contributed by atoms with Gasteiger partial charge in [-0.1, -0.05) is 11.6 Å². The summed E-state index contributed by atoms with van der Waals surface area (Å²) in [5, 5.41) is 0.205. The maximum atomic E-state index is 13.6. The monoisotopic (exact) mass is 473 g/mol. The molecule has 4 rings (SSSR count). The van der Waals surface area contributed by atoms with Crippen molar-refractivity contribution in [3.8, 4) is 11.1 Å². The Morgan fingerprint density at radius 2 is 1.81 bits per heavy atom. The molecule has 1 aliphatic heterocycles. The number of sulfonamides is 1. The minimum atomic E-state index is -3.57. The number of anilines is 1. The van der Waals surface area contributed by atoms with Gasteiger partial charge < -0.3 is 4.57 Å². The molecule has 1 atom stereocenters. The van der Waals surface area contributed by atoms with E-state index in [0.29, 0.717) is 28.0 Å². The molecule has 0 aliphatic carbocycles. The zero-order valence-electron chi connectivity index (χ0n) is 17.7. The van der Waals surface area contributed by atoms with Gasteiger partial charge in [0.25, 0.3) is 5.56 Å². The second kappa shape index (κ2) is 8.18. The molecule has 0 amide bonds. The molecule has 0 bridgehead atoms. The second-order valence-electron chi connectivity index (χ2n) is 7.64. The van der Waals surface area contributed by atoms with Crippen molar-refractivity contribution in [1.29, 1.82) is 0 Å². The molecular weight excluding hydrogens is 453 g/mol. The predicted octanol–water partition coefficient (Wildman–Crippen LogP) is 4.52. The van der Waals surface area contributed by atoms with E-state index < -0.39 is 10.0 Å². The van der Waals surface area contributed by atoms with E-state index in [0.717, 1.165) is 5.56 Å². The molecule has 9 heteroatoms. The number of halogens is 2. The third-order valence-electron chi connectivity index (χ3n) is 5.45. The van der Waals surface area contributed by atoms with Crippen LogP contribution < -0.4 is 10.3 Å². The molecule has 0 saturated carbocycles. The normalized spacial score (nSPS) is 15.4. The topological polar surface area (TPSA) is 80.5 Å². The van der Waals surface area contributed by atoms with Crippen LogP contribution in [0.1, 0.15) is 36.6 Å². The standard InChI is InChI=1S/C23H21ClFN3O3S/c1-4-32(30,31)27-21-10-17-18(9-20(21)24)23(14-5-7-15(25)8-6-14)26-13(2)16-11-22(29)28(3)12-19(16)17/h5-13,27H,4H2,1-3H3/t13-/m0/s1. The number of rotatable bonds is 4. The first-order chi connectivity index (χ1) is 15.1. The lowest BCUT2D eigenvalue weighted by molar-refractivity contribution is 0.602. The van der Waals surface area contributed by atoms with Crippen molar-refractivity contribution in [3.63, 3.8) is 0 Å². The third-order valence-corrected chi connectivity index (χ3v) is 7.05. The highest BCUT2D eigenvalue weighted by Gasteiger charge is 2.26. The number of nitrogens with one attached hydrogen (secondary N) is 1. The summed E-state index contributed by atoms with van der Waals surface area (Å²) >= 11 is 6.48. The average Bonchev–Trinajstić information content (AvgIpc) is 2.85. The number of hydrogen-bond acceptors (Lipinski definition) is 4. The van der Waals surface area contributed by atoms with Crippen LogP contribution in [0.4, 0.5) is 10.1 Å². The maximum absolute atomic E-state index is 13.6. The summed E-state index contributed by atoms with van der Waals surface area (Å²) in [6.07, 6.45) is 1.71. The number of hydrogen-bond donors (Lipinski definition) is 1. The molecule has 166 valence electrons. The van der Waals surface area contributed by atoms with Gasteiger partial charge >= 0.3 is 0 Å². The highest BCUT2D eigenvalue weighted by molar-refractivity contribution is 7.92. The first kappa shape index (κ1) is 22.2. The largest absolute Gasteiger partial charge is 0.318 e. The predicted molar refractivity (Wildman–Crippen MR) is 126 cm³/mol. The SMILES string of the molecule is CCS(=O)(=O)Nc1cc2c(cc1Cl)C(c1ccc(F)cc1)=N[C@@H](C)c1cc(=O)n(C)cc1-2. The minimum Gasteiger partial charge on any atom is -0.318 e. The molecular formula is C23H21ClFN3O3S. The van der Waals surface area contributed by atoms with E-state index in [1.54, 1.807) is 37.5 Å². The Hall–Kier alpha value is -2.97. The first-order valence-electron chi connectivity index (χ1n) is 9.98. The number of benzene rings is 2. The Bertz CT molecular complexity index is 1410. The minimum absolute atomic E-state index is 0.106. The number of pyridine rings is 1. The molecule has 1 aromatic heterocycles. The molecule has 0 unspecified atom stereocenters. The zero-order valence-corrected chi connectivity index (χ0v) is 19.3. The fourth-order valence-corrected chi connectivity index (χ4v) is 4.61. The molecule has 0 fully saturated rings. The van der Waals surface area contributed by atoms with Crippen LogP contribution >= 0.6 is 11.6 Å². The summed E-state index contributed by atoms with van der Waals surface area (Å²) < 4.78 is 41.9. The van der Waals surface area contributed by atoms with Gasteiger partial charge in [-0.15, -0.1) is 0 Å². The smallest absolute Gasteiger partial charge is 0.250 e. The van der Waals surface area contributed by atoms with Crippen molar-refractivity contribution in [2.75, 3.05) is 10.5 Å². The lowest BCUT2D eigenvalue weighted by atomic mass is 9.92. The highest BCUT2D eigenvalue weighted by atomic mass is 35.5. The van der Waals surface area contributed by atoms with Crippen LogP contribution in [-0.2, 0) is 17.1 Å². The molecule has 2 heterocycles. The van der Waals surface area contributed by atoms with Crippen LogP contribution in [0.2, 0.25) is 5.02 Å². The zero-order chi connectivity index (χ0) is 23.2. The van der Waals surface area contributed by atoms with Gasteiger partial charge in [-0.2, -0.15) is 0 Å². The van der Waals surface area contributed by atoms with E-state index in [1.807, 2.05) is 6.92 Å². The summed E-state index contributed by atoms with van der Waals surface area (Å²) in [5.74, 6) is -0.477. The molecule has 32 heavy (non-hydrogen) atoms. The van der Waals surface area contributed by atoms with E-state index in [9.17, 15) is 17.6 Å². The molecule has 0 radical (unpaired) electrons. The van der Waals surface area contributed by atoms with Crippen LogP contribution in [-0.4, -0.2) is 24.4 Å². The number of fused-ring (bicyclic) bond motifs is 3. The van der Waals surface area contributed by atoms with Crippen LogP contribution in [0, 0.1) is 5.82 Å². The summed E-state index contributed by atoms with van der Waals surface area (Å²) in [7, 11) is -1.92. The van der Waals surface area contributed by atoms with Crippen molar-refractivity contribution in [2.24, 2.45) is 12.0 Å². The van der Waals surface area contributed by atoms with Crippen LogP contribution in [0.3, 0.4) is 0 Å². The van der Waals surface area contributed by atoms with Gasteiger partial charge in [-0.3, -0.25) is 14.5 Å². The number of nitrogens with zero attached hydrogens (tertiary/aromatic N) is 2. The third kappa shape index (κ3) is 4.08. The lowest BCUT2D eigenvalue weighted by Crippen LogP contribution is -2.17. The Morgan fingerprint density at radius 1 is 1.12 bits per heavy atom. The summed E-state index contributed by atoms with van der Waals surface area (Å²) in [4.78, 5) is 17.2. The van der Waals surface area contributed by atoms with E-state index >= 15 is 0 Å². The van der Waals surface area contributed by atoms with Crippen LogP contribution in [0.5, 0.6) is 0 Å². The van der Waals surface area contributed by atoms with E-state index in [1.165, 1.54) is 29.7 Å². The Labute approximate surface area is 190 Å². The van der Waals surface area contributed by atoms with E-state index in [2.05, 4.69) is 4.72 Å². The van der Waals surface area contributed by atoms with Crippen LogP contribution in [0.15, 0.2) is 58.4 Å². The number of aliphatic imine (C=N–C) groups is 1.